The molecule has 0 aliphatic heterocycles. The lowest BCUT2D eigenvalue weighted by Crippen LogP contribution is -2.36. The minimum Gasteiger partial charge on any atom is -0.314 e. The Kier molecular flexibility index (Phi) is 6.07. The molecule has 5 heteroatoms. The van der Waals surface area contributed by atoms with Crippen molar-refractivity contribution in [2.24, 2.45) is 10.9 Å². The third kappa shape index (κ3) is 4.91. The van der Waals surface area contributed by atoms with E-state index in [0.717, 1.165) is 18.5 Å². The Bertz CT molecular complexity index is 511. The molecule has 0 bridgehead atoms. The number of nitro groups is 1. The Labute approximate surface area is 132 Å². The first kappa shape index (κ1) is 16.6. The van der Waals surface area contributed by atoms with E-state index in [2.05, 4.69) is 19.2 Å². The molecule has 2 rings (SSSR count). The quantitative estimate of drug-likeness (QED) is 0.496. The summed E-state index contributed by atoms with van der Waals surface area (Å²) in [5, 5.41) is 14.2. The molecule has 0 spiro atoms. The zero-order valence-corrected chi connectivity index (χ0v) is 13.4. The van der Waals surface area contributed by atoms with E-state index in [9.17, 15) is 10.1 Å². The molecule has 0 aromatic heterocycles. The van der Waals surface area contributed by atoms with Gasteiger partial charge in [0, 0.05) is 30.9 Å². The highest BCUT2D eigenvalue weighted by Gasteiger charge is 2.24. The molecule has 0 amide bonds. The third-order valence-electron chi connectivity index (χ3n) is 4.18. The molecule has 0 heterocycles. The van der Waals surface area contributed by atoms with Crippen LogP contribution in [0.4, 0.5) is 5.69 Å². The molecule has 0 radical (unpaired) electrons. The minimum absolute atomic E-state index is 0.119. The van der Waals surface area contributed by atoms with E-state index in [1.54, 1.807) is 12.1 Å². The highest BCUT2D eigenvalue weighted by atomic mass is 16.6. The lowest BCUT2D eigenvalue weighted by Gasteiger charge is -2.29. The predicted octanol–water partition coefficient (Wildman–Crippen LogP) is 3.57. The molecule has 1 saturated carbocycles. The van der Waals surface area contributed by atoms with Gasteiger partial charge in [-0.2, -0.15) is 0 Å². The Morgan fingerprint density at radius 1 is 1.32 bits per heavy atom. The molecule has 2 atom stereocenters. The van der Waals surface area contributed by atoms with Gasteiger partial charge in [0.2, 0.25) is 0 Å². The molecule has 22 heavy (non-hydrogen) atoms. The summed E-state index contributed by atoms with van der Waals surface area (Å²) in [6.45, 7) is 5.34. The van der Waals surface area contributed by atoms with E-state index < -0.39 is 0 Å². The van der Waals surface area contributed by atoms with Gasteiger partial charge in [-0.1, -0.05) is 26.7 Å². The molecular formula is C17H25N3O2. The molecule has 1 aromatic carbocycles. The fraction of sp³-hybridized carbons (Fsp3) is 0.588. The van der Waals surface area contributed by atoms with Gasteiger partial charge >= 0.3 is 0 Å². The van der Waals surface area contributed by atoms with Gasteiger partial charge in [0.25, 0.3) is 5.69 Å². The van der Waals surface area contributed by atoms with Crippen LogP contribution in [0, 0.1) is 16.0 Å². The van der Waals surface area contributed by atoms with Crippen LogP contribution in [0.1, 0.15) is 45.1 Å². The molecule has 120 valence electrons. The summed E-state index contributed by atoms with van der Waals surface area (Å²) < 4.78 is 0. The van der Waals surface area contributed by atoms with E-state index in [1.807, 2.05) is 6.21 Å². The first-order valence-electron chi connectivity index (χ1n) is 8.07. The van der Waals surface area contributed by atoms with Gasteiger partial charge in [-0.25, -0.2) is 0 Å². The first-order valence-corrected chi connectivity index (χ1v) is 8.07. The molecule has 1 fully saturated rings. The number of nitrogens with one attached hydrogen (secondary N) is 1. The first-order chi connectivity index (χ1) is 10.6. The number of hydrogen-bond donors (Lipinski definition) is 1. The van der Waals surface area contributed by atoms with Gasteiger partial charge in [0.15, 0.2) is 0 Å². The van der Waals surface area contributed by atoms with Crippen molar-refractivity contribution in [2.75, 3.05) is 6.54 Å². The van der Waals surface area contributed by atoms with Crippen molar-refractivity contribution in [1.29, 1.82) is 0 Å². The van der Waals surface area contributed by atoms with Gasteiger partial charge in [0.05, 0.1) is 11.0 Å². The van der Waals surface area contributed by atoms with Crippen molar-refractivity contribution >= 4 is 11.9 Å². The van der Waals surface area contributed by atoms with Crippen molar-refractivity contribution in [3.05, 3.63) is 39.9 Å². The van der Waals surface area contributed by atoms with E-state index in [4.69, 9.17) is 4.99 Å². The average Bonchev–Trinajstić information content (AvgIpc) is 2.52. The van der Waals surface area contributed by atoms with Crippen molar-refractivity contribution in [2.45, 2.75) is 51.6 Å². The highest BCUT2D eigenvalue weighted by Crippen LogP contribution is 2.26. The predicted molar refractivity (Wildman–Crippen MR) is 89.6 cm³/mol. The van der Waals surface area contributed by atoms with E-state index in [1.165, 1.54) is 31.4 Å². The standard InChI is InChI=1S/C17H25N3O2/c1-13(2)18-12-15-5-3-4-6-17(15)19-11-14-7-9-16(10-8-14)20(21)22/h7-11,13,15,17-18H,3-6,12H2,1-2H3/t15-,17+/m0/s1. The largest absolute Gasteiger partial charge is 0.314 e. The summed E-state index contributed by atoms with van der Waals surface area (Å²) in [4.78, 5) is 15.0. The fourth-order valence-electron chi connectivity index (χ4n) is 2.87. The Morgan fingerprint density at radius 2 is 2.00 bits per heavy atom. The second-order valence-corrected chi connectivity index (χ2v) is 6.30. The SMILES string of the molecule is CC(C)NC[C@@H]1CCCC[C@H]1N=Cc1ccc([N+](=O)[O-])cc1. The normalized spacial score (nSPS) is 22.3. The maximum atomic E-state index is 10.7. The van der Waals surface area contributed by atoms with Gasteiger partial charge < -0.3 is 5.32 Å². The van der Waals surface area contributed by atoms with Gasteiger partial charge in [-0.05, 0) is 36.5 Å². The third-order valence-corrected chi connectivity index (χ3v) is 4.18. The summed E-state index contributed by atoms with van der Waals surface area (Å²) in [5.74, 6) is 0.588. The molecular weight excluding hydrogens is 278 g/mol. The molecule has 1 aliphatic carbocycles. The van der Waals surface area contributed by atoms with E-state index >= 15 is 0 Å². The van der Waals surface area contributed by atoms with Crippen LogP contribution in [0.3, 0.4) is 0 Å². The number of hydrogen-bond acceptors (Lipinski definition) is 4. The minimum atomic E-state index is -0.379. The Hall–Kier alpha value is -1.75. The van der Waals surface area contributed by atoms with Crippen molar-refractivity contribution in [3.63, 3.8) is 0 Å². The van der Waals surface area contributed by atoms with Crippen molar-refractivity contribution < 1.29 is 4.92 Å². The topological polar surface area (TPSA) is 67.5 Å². The number of nitro benzene ring substituents is 1. The van der Waals surface area contributed by atoms with Gasteiger partial charge in [0.1, 0.15) is 0 Å². The highest BCUT2D eigenvalue weighted by molar-refractivity contribution is 5.80. The smallest absolute Gasteiger partial charge is 0.269 e. The van der Waals surface area contributed by atoms with E-state index in [-0.39, 0.29) is 10.6 Å². The summed E-state index contributed by atoms with van der Waals surface area (Å²) in [7, 11) is 0. The van der Waals surface area contributed by atoms with Crippen LogP contribution in [0.15, 0.2) is 29.3 Å². The number of nitrogens with zero attached hydrogens (tertiary/aromatic N) is 2. The lowest BCUT2D eigenvalue weighted by atomic mass is 9.84. The second-order valence-electron chi connectivity index (χ2n) is 6.30. The van der Waals surface area contributed by atoms with Crippen LogP contribution in [0.5, 0.6) is 0 Å². The number of aliphatic imine (C=N–C) groups is 1. The fourth-order valence-corrected chi connectivity index (χ4v) is 2.87. The van der Waals surface area contributed by atoms with Crippen molar-refractivity contribution in [1.82, 2.24) is 5.32 Å². The maximum absolute atomic E-state index is 10.7. The van der Waals surface area contributed by atoms with Gasteiger partial charge in [-0.15, -0.1) is 0 Å². The summed E-state index contributed by atoms with van der Waals surface area (Å²) in [5.41, 5.74) is 1.04. The zero-order valence-electron chi connectivity index (χ0n) is 13.4. The molecule has 1 N–H and O–H groups in total. The van der Waals surface area contributed by atoms with Crippen LogP contribution < -0.4 is 5.32 Å². The van der Waals surface area contributed by atoms with Crippen LogP contribution in [0.25, 0.3) is 0 Å². The van der Waals surface area contributed by atoms with Crippen LogP contribution >= 0.6 is 0 Å². The van der Waals surface area contributed by atoms with Gasteiger partial charge in [-0.3, -0.25) is 15.1 Å². The molecule has 1 aliphatic rings. The van der Waals surface area contributed by atoms with Crippen LogP contribution in [-0.4, -0.2) is 29.8 Å². The van der Waals surface area contributed by atoms with Crippen LogP contribution in [-0.2, 0) is 0 Å². The number of rotatable bonds is 6. The molecule has 1 aromatic rings. The number of benzene rings is 1. The monoisotopic (exact) mass is 303 g/mol. The van der Waals surface area contributed by atoms with E-state index in [0.29, 0.717) is 18.0 Å². The van der Waals surface area contributed by atoms with Crippen LogP contribution in [0.2, 0.25) is 0 Å². The Balaban J connectivity index is 1.98. The molecule has 0 saturated heterocycles. The summed E-state index contributed by atoms with van der Waals surface area (Å²) in [6.07, 6.45) is 6.74. The van der Waals surface area contributed by atoms with Crippen molar-refractivity contribution in [3.8, 4) is 0 Å². The Morgan fingerprint density at radius 3 is 2.64 bits per heavy atom. The second kappa shape index (κ2) is 8.03. The summed E-state index contributed by atoms with van der Waals surface area (Å²) in [6, 6.07) is 7.42. The zero-order chi connectivity index (χ0) is 15.9. The maximum Gasteiger partial charge on any atom is 0.269 e. The lowest BCUT2D eigenvalue weighted by molar-refractivity contribution is -0.384. The molecule has 0 unspecified atom stereocenters. The summed E-state index contributed by atoms with van der Waals surface area (Å²) >= 11 is 0. The average molecular weight is 303 g/mol. The number of non-ortho nitro benzene ring substituents is 1. The molecule has 5 nitrogen and oxygen atoms in total.